The SMILES string of the molecule is O=[N+]([O-])c1ccc(Oc2cccc(Cl)c2CCl)cc1. The van der Waals surface area contributed by atoms with Gasteiger partial charge in [0.1, 0.15) is 11.5 Å². The van der Waals surface area contributed by atoms with E-state index in [9.17, 15) is 10.1 Å². The molecule has 0 unspecified atom stereocenters. The van der Waals surface area contributed by atoms with Crippen molar-refractivity contribution in [2.75, 3.05) is 0 Å². The number of benzene rings is 2. The van der Waals surface area contributed by atoms with Gasteiger partial charge in [-0.3, -0.25) is 10.1 Å². The maximum absolute atomic E-state index is 10.5. The lowest BCUT2D eigenvalue weighted by atomic mass is 10.2. The van der Waals surface area contributed by atoms with Crippen LogP contribution in [0.3, 0.4) is 0 Å². The Bertz CT molecular complexity index is 599. The summed E-state index contributed by atoms with van der Waals surface area (Å²) in [7, 11) is 0. The van der Waals surface area contributed by atoms with Crippen LogP contribution in [0.1, 0.15) is 5.56 Å². The van der Waals surface area contributed by atoms with Crippen molar-refractivity contribution >= 4 is 28.9 Å². The highest BCUT2D eigenvalue weighted by molar-refractivity contribution is 6.32. The van der Waals surface area contributed by atoms with E-state index in [0.29, 0.717) is 22.1 Å². The number of hydrogen-bond acceptors (Lipinski definition) is 3. The van der Waals surface area contributed by atoms with Crippen LogP contribution >= 0.6 is 23.2 Å². The number of non-ortho nitro benzene ring substituents is 1. The molecule has 0 spiro atoms. The fourth-order valence-electron chi connectivity index (χ4n) is 1.53. The Morgan fingerprint density at radius 3 is 2.42 bits per heavy atom. The summed E-state index contributed by atoms with van der Waals surface area (Å²) in [6.45, 7) is 0. The monoisotopic (exact) mass is 297 g/mol. The van der Waals surface area contributed by atoms with Crippen molar-refractivity contribution in [2.24, 2.45) is 0 Å². The second-order valence-corrected chi connectivity index (χ2v) is 4.38. The maximum atomic E-state index is 10.5. The summed E-state index contributed by atoms with van der Waals surface area (Å²) in [6, 6.07) is 11.0. The molecule has 0 saturated heterocycles. The van der Waals surface area contributed by atoms with Crippen LogP contribution in [0.5, 0.6) is 11.5 Å². The first-order chi connectivity index (χ1) is 9.11. The third-order valence-corrected chi connectivity index (χ3v) is 3.11. The van der Waals surface area contributed by atoms with Crippen molar-refractivity contribution in [3.63, 3.8) is 0 Å². The van der Waals surface area contributed by atoms with Gasteiger partial charge in [0.2, 0.25) is 0 Å². The van der Waals surface area contributed by atoms with Gasteiger partial charge in [-0.15, -0.1) is 11.6 Å². The molecule has 2 aromatic rings. The van der Waals surface area contributed by atoms with E-state index in [0.717, 1.165) is 0 Å². The summed E-state index contributed by atoms with van der Waals surface area (Å²) < 4.78 is 5.62. The van der Waals surface area contributed by atoms with Crippen LogP contribution in [-0.2, 0) is 5.88 Å². The normalized spacial score (nSPS) is 10.2. The largest absolute Gasteiger partial charge is 0.457 e. The zero-order chi connectivity index (χ0) is 13.8. The van der Waals surface area contributed by atoms with Crippen LogP contribution in [0.25, 0.3) is 0 Å². The lowest BCUT2D eigenvalue weighted by Crippen LogP contribution is -1.91. The van der Waals surface area contributed by atoms with E-state index in [1.807, 2.05) is 0 Å². The van der Waals surface area contributed by atoms with E-state index in [4.69, 9.17) is 27.9 Å². The highest BCUT2D eigenvalue weighted by atomic mass is 35.5. The Kier molecular flexibility index (Phi) is 4.24. The van der Waals surface area contributed by atoms with Gasteiger partial charge in [-0.2, -0.15) is 0 Å². The van der Waals surface area contributed by atoms with Gasteiger partial charge in [0.15, 0.2) is 0 Å². The highest BCUT2D eigenvalue weighted by Crippen LogP contribution is 2.32. The molecular formula is C13H9Cl2NO3. The Morgan fingerprint density at radius 2 is 1.84 bits per heavy atom. The fourth-order valence-corrected chi connectivity index (χ4v) is 2.10. The molecule has 0 atom stereocenters. The molecule has 2 aromatic carbocycles. The summed E-state index contributed by atoms with van der Waals surface area (Å²) in [5, 5.41) is 11.1. The van der Waals surface area contributed by atoms with E-state index >= 15 is 0 Å². The number of nitro groups is 1. The van der Waals surface area contributed by atoms with Crippen molar-refractivity contribution in [3.8, 4) is 11.5 Å². The van der Waals surface area contributed by atoms with Crippen molar-refractivity contribution in [2.45, 2.75) is 5.88 Å². The van der Waals surface area contributed by atoms with Crippen molar-refractivity contribution < 1.29 is 9.66 Å². The fraction of sp³-hybridized carbons (Fsp3) is 0.0769. The van der Waals surface area contributed by atoms with Crippen LogP contribution in [-0.4, -0.2) is 4.92 Å². The second kappa shape index (κ2) is 5.91. The number of nitrogens with zero attached hydrogens (tertiary/aromatic N) is 1. The number of nitro benzene ring substituents is 1. The summed E-state index contributed by atoms with van der Waals surface area (Å²) in [6.07, 6.45) is 0. The molecule has 0 fully saturated rings. The maximum Gasteiger partial charge on any atom is 0.269 e. The lowest BCUT2D eigenvalue weighted by Gasteiger charge is -2.10. The van der Waals surface area contributed by atoms with E-state index in [2.05, 4.69) is 0 Å². The molecule has 0 heterocycles. The summed E-state index contributed by atoms with van der Waals surface area (Å²) in [5.41, 5.74) is 0.695. The molecule has 19 heavy (non-hydrogen) atoms. The molecular weight excluding hydrogens is 289 g/mol. The zero-order valence-electron chi connectivity index (χ0n) is 9.68. The van der Waals surface area contributed by atoms with Crippen molar-refractivity contribution in [1.82, 2.24) is 0 Å². The average Bonchev–Trinajstić information content (AvgIpc) is 2.39. The molecule has 0 saturated carbocycles. The molecule has 0 radical (unpaired) electrons. The van der Waals surface area contributed by atoms with Crippen LogP contribution in [0, 0.1) is 10.1 Å². The summed E-state index contributed by atoms with van der Waals surface area (Å²) >= 11 is 11.8. The topological polar surface area (TPSA) is 52.4 Å². The van der Waals surface area contributed by atoms with E-state index < -0.39 is 4.92 Å². The van der Waals surface area contributed by atoms with Gasteiger partial charge in [-0.05, 0) is 24.3 Å². The predicted molar refractivity (Wildman–Crippen MR) is 74.2 cm³/mol. The van der Waals surface area contributed by atoms with E-state index in [-0.39, 0.29) is 11.6 Å². The molecule has 0 N–H and O–H groups in total. The van der Waals surface area contributed by atoms with Gasteiger partial charge >= 0.3 is 0 Å². The van der Waals surface area contributed by atoms with Crippen LogP contribution in [0.4, 0.5) is 5.69 Å². The average molecular weight is 298 g/mol. The van der Waals surface area contributed by atoms with Gasteiger partial charge in [0.25, 0.3) is 5.69 Å². The number of hydrogen-bond donors (Lipinski definition) is 0. The van der Waals surface area contributed by atoms with Gasteiger partial charge in [-0.1, -0.05) is 17.7 Å². The van der Waals surface area contributed by atoms with Crippen molar-refractivity contribution in [1.29, 1.82) is 0 Å². The Balaban J connectivity index is 2.26. The number of alkyl halides is 1. The van der Waals surface area contributed by atoms with Crippen molar-refractivity contribution in [3.05, 3.63) is 63.2 Å². The van der Waals surface area contributed by atoms with Gasteiger partial charge in [0, 0.05) is 22.7 Å². The summed E-state index contributed by atoms with van der Waals surface area (Å²) in [5.74, 6) is 1.25. The third-order valence-electron chi connectivity index (χ3n) is 2.48. The minimum absolute atomic E-state index is 0.0102. The Hall–Kier alpha value is -1.78. The smallest absolute Gasteiger partial charge is 0.269 e. The molecule has 2 rings (SSSR count). The molecule has 0 bridgehead atoms. The molecule has 0 aliphatic carbocycles. The lowest BCUT2D eigenvalue weighted by molar-refractivity contribution is -0.384. The van der Waals surface area contributed by atoms with Gasteiger partial charge in [-0.25, -0.2) is 0 Å². The molecule has 98 valence electrons. The van der Waals surface area contributed by atoms with E-state index in [1.165, 1.54) is 24.3 Å². The number of halogens is 2. The molecule has 0 amide bonds. The first-order valence-electron chi connectivity index (χ1n) is 5.37. The predicted octanol–water partition coefficient (Wildman–Crippen LogP) is 4.78. The first kappa shape index (κ1) is 13.6. The molecule has 6 heteroatoms. The first-order valence-corrected chi connectivity index (χ1v) is 6.28. The number of ether oxygens (including phenoxy) is 1. The van der Waals surface area contributed by atoms with Gasteiger partial charge in [0.05, 0.1) is 10.8 Å². The van der Waals surface area contributed by atoms with Crippen LogP contribution in [0.2, 0.25) is 5.02 Å². The minimum Gasteiger partial charge on any atom is -0.457 e. The minimum atomic E-state index is -0.465. The second-order valence-electron chi connectivity index (χ2n) is 3.70. The molecule has 0 aliphatic heterocycles. The number of rotatable bonds is 4. The zero-order valence-corrected chi connectivity index (χ0v) is 11.2. The third kappa shape index (κ3) is 3.16. The molecule has 0 aromatic heterocycles. The van der Waals surface area contributed by atoms with Crippen LogP contribution < -0.4 is 4.74 Å². The molecule has 4 nitrogen and oxygen atoms in total. The summed E-state index contributed by atoms with van der Waals surface area (Å²) in [4.78, 5) is 10.1. The standard InChI is InChI=1S/C13H9Cl2NO3/c14-8-11-12(15)2-1-3-13(11)19-10-6-4-9(5-7-10)16(17)18/h1-7H,8H2. The van der Waals surface area contributed by atoms with Gasteiger partial charge < -0.3 is 4.74 Å². The van der Waals surface area contributed by atoms with Crippen LogP contribution in [0.15, 0.2) is 42.5 Å². The Labute approximate surface area is 119 Å². The quantitative estimate of drug-likeness (QED) is 0.463. The molecule has 0 aliphatic rings. The van der Waals surface area contributed by atoms with E-state index in [1.54, 1.807) is 18.2 Å². The Morgan fingerprint density at radius 1 is 1.16 bits per heavy atom. The highest BCUT2D eigenvalue weighted by Gasteiger charge is 2.09.